The summed E-state index contributed by atoms with van der Waals surface area (Å²) in [5.74, 6) is 0. The largest absolute Gasteiger partial charge is 0.0626 e. The first-order chi connectivity index (χ1) is 8.82. The van der Waals surface area contributed by atoms with E-state index in [2.05, 4.69) is 13.8 Å². The maximum absolute atomic E-state index is 8.26. The molecule has 1 fully saturated rings. The summed E-state index contributed by atoms with van der Waals surface area (Å²) in [5.41, 5.74) is 1.79. The quantitative estimate of drug-likeness (QED) is 0.597. The second-order valence-electron chi connectivity index (χ2n) is 5.63. The standard InChI is InChI=1S/C15H20/c1-14-9-5-6-10-15(14,2)13-8-4-3-7-12(13)11-14/h3-4,7-8H,5-6,9-11H2,1-2H3/i3D,4D,7D,8D. The molecule has 3 rings (SSSR count). The van der Waals surface area contributed by atoms with Crippen LogP contribution in [0.15, 0.2) is 24.2 Å². The third-order valence-corrected chi connectivity index (χ3v) is 4.87. The first-order valence-corrected chi connectivity index (χ1v) is 5.91. The minimum atomic E-state index is -0.0863. The zero-order valence-corrected chi connectivity index (χ0v) is 9.54. The molecule has 0 saturated heterocycles. The van der Waals surface area contributed by atoms with Gasteiger partial charge in [-0.1, -0.05) is 50.9 Å². The third kappa shape index (κ3) is 1.08. The topological polar surface area (TPSA) is 0 Å². The van der Waals surface area contributed by atoms with E-state index >= 15 is 0 Å². The summed E-state index contributed by atoms with van der Waals surface area (Å²) in [6.07, 6.45) is 5.34. The predicted octanol–water partition coefficient (Wildman–Crippen LogP) is 4.08. The van der Waals surface area contributed by atoms with Crippen molar-refractivity contribution in [2.75, 3.05) is 0 Å². The summed E-state index contributed by atoms with van der Waals surface area (Å²) in [4.78, 5) is 0. The highest BCUT2D eigenvalue weighted by Crippen LogP contribution is 2.58. The zero-order valence-electron chi connectivity index (χ0n) is 13.5. The Labute approximate surface area is 98.3 Å². The van der Waals surface area contributed by atoms with E-state index in [1.807, 2.05) is 0 Å². The molecule has 15 heavy (non-hydrogen) atoms. The van der Waals surface area contributed by atoms with Crippen molar-refractivity contribution in [3.8, 4) is 0 Å². The molecule has 0 heterocycles. The third-order valence-electron chi connectivity index (χ3n) is 4.87. The van der Waals surface area contributed by atoms with E-state index in [4.69, 9.17) is 5.48 Å². The SMILES string of the molecule is [2H]c1c([2H])c([2H])c2c(c1[2H])CC1(C)CCCCC21C. The monoisotopic (exact) mass is 204 g/mol. The summed E-state index contributed by atoms with van der Waals surface area (Å²) in [6.45, 7) is 4.47. The maximum atomic E-state index is 8.26. The molecule has 0 spiro atoms. The second kappa shape index (κ2) is 2.87. The van der Waals surface area contributed by atoms with Crippen molar-refractivity contribution in [3.05, 3.63) is 35.3 Å². The Morgan fingerprint density at radius 3 is 2.73 bits per heavy atom. The molecule has 1 saturated carbocycles. The lowest BCUT2D eigenvalue weighted by atomic mass is 9.58. The maximum Gasteiger partial charge on any atom is 0.0626 e. The van der Waals surface area contributed by atoms with Crippen LogP contribution in [0.1, 0.15) is 56.1 Å². The van der Waals surface area contributed by atoms with Crippen LogP contribution >= 0.6 is 0 Å². The molecule has 2 aliphatic rings. The zero-order chi connectivity index (χ0) is 14.0. The highest BCUT2D eigenvalue weighted by atomic mass is 14.6. The van der Waals surface area contributed by atoms with E-state index in [1.54, 1.807) is 0 Å². The van der Waals surface area contributed by atoms with Crippen LogP contribution in [0.3, 0.4) is 0 Å². The highest BCUT2D eigenvalue weighted by molar-refractivity contribution is 5.43. The molecule has 0 amide bonds. The smallest absolute Gasteiger partial charge is 0.0620 e. The Balaban J connectivity index is 2.32. The molecular weight excluding hydrogens is 180 g/mol. The molecule has 0 radical (unpaired) electrons. The minimum Gasteiger partial charge on any atom is -0.0620 e. The van der Waals surface area contributed by atoms with Crippen molar-refractivity contribution in [1.82, 2.24) is 0 Å². The number of hydrogen-bond acceptors (Lipinski definition) is 0. The van der Waals surface area contributed by atoms with Crippen LogP contribution in [-0.2, 0) is 11.8 Å². The van der Waals surface area contributed by atoms with Gasteiger partial charge in [0.15, 0.2) is 0 Å². The van der Waals surface area contributed by atoms with Crippen LogP contribution < -0.4 is 0 Å². The van der Waals surface area contributed by atoms with E-state index in [0.717, 1.165) is 36.8 Å². The first-order valence-electron chi connectivity index (χ1n) is 7.91. The Morgan fingerprint density at radius 2 is 1.87 bits per heavy atom. The van der Waals surface area contributed by atoms with E-state index < -0.39 is 0 Å². The van der Waals surface area contributed by atoms with Crippen LogP contribution in [0.2, 0.25) is 0 Å². The summed E-state index contributed by atoms with van der Waals surface area (Å²) < 4.78 is 32.2. The molecular formula is C15H20. The Morgan fingerprint density at radius 1 is 1.13 bits per heavy atom. The van der Waals surface area contributed by atoms with E-state index in [0.29, 0.717) is 0 Å². The normalized spacial score (nSPS) is 42.3. The molecule has 2 unspecified atom stereocenters. The fourth-order valence-electron chi connectivity index (χ4n) is 3.61. The summed E-state index contributed by atoms with van der Waals surface area (Å²) in [5, 5.41) is 0. The molecule has 2 aliphatic carbocycles. The summed E-state index contributed by atoms with van der Waals surface area (Å²) in [7, 11) is 0. The Kier molecular flexibility index (Phi) is 1.16. The number of rotatable bonds is 0. The fraction of sp³-hybridized carbons (Fsp3) is 0.600. The Bertz CT molecular complexity index is 566. The average molecular weight is 204 g/mol. The van der Waals surface area contributed by atoms with Crippen molar-refractivity contribution in [2.24, 2.45) is 5.41 Å². The lowest BCUT2D eigenvalue weighted by molar-refractivity contribution is 0.110. The van der Waals surface area contributed by atoms with Crippen molar-refractivity contribution < 1.29 is 5.48 Å². The van der Waals surface area contributed by atoms with Gasteiger partial charge in [0.05, 0.1) is 5.48 Å². The van der Waals surface area contributed by atoms with Crippen molar-refractivity contribution in [1.29, 1.82) is 0 Å². The molecule has 0 nitrogen and oxygen atoms in total. The van der Waals surface area contributed by atoms with Gasteiger partial charge in [-0.05, 0) is 41.2 Å². The molecule has 0 heteroatoms. The van der Waals surface area contributed by atoms with E-state index in [9.17, 15) is 0 Å². The van der Waals surface area contributed by atoms with Gasteiger partial charge in [-0.15, -0.1) is 0 Å². The van der Waals surface area contributed by atoms with E-state index in [1.165, 1.54) is 6.42 Å². The average Bonchev–Trinajstić information content (AvgIpc) is 2.62. The van der Waals surface area contributed by atoms with Crippen molar-refractivity contribution in [3.63, 3.8) is 0 Å². The lowest BCUT2D eigenvalue weighted by Crippen LogP contribution is -2.40. The lowest BCUT2D eigenvalue weighted by Gasteiger charge is -2.46. The molecule has 0 aromatic heterocycles. The van der Waals surface area contributed by atoms with Gasteiger partial charge in [-0.25, -0.2) is 0 Å². The predicted molar refractivity (Wildman–Crippen MR) is 64.1 cm³/mol. The summed E-state index contributed by atoms with van der Waals surface area (Å²) in [6, 6.07) is 0.242. The fourth-order valence-corrected chi connectivity index (χ4v) is 3.61. The van der Waals surface area contributed by atoms with Gasteiger partial charge >= 0.3 is 0 Å². The van der Waals surface area contributed by atoms with Crippen LogP contribution in [0.4, 0.5) is 0 Å². The van der Waals surface area contributed by atoms with Crippen LogP contribution in [0.5, 0.6) is 0 Å². The van der Waals surface area contributed by atoms with Crippen LogP contribution in [-0.4, -0.2) is 0 Å². The Hall–Kier alpha value is -0.780. The number of benzene rings is 1. The first kappa shape index (κ1) is 6.08. The van der Waals surface area contributed by atoms with Crippen molar-refractivity contribution in [2.45, 2.75) is 51.4 Å². The molecule has 1 aromatic rings. The van der Waals surface area contributed by atoms with Crippen molar-refractivity contribution >= 4 is 0 Å². The van der Waals surface area contributed by atoms with Gasteiger partial charge in [0.1, 0.15) is 0 Å². The molecule has 0 bridgehead atoms. The number of hydrogen-bond donors (Lipinski definition) is 0. The van der Waals surface area contributed by atoms with E-state index in [-0.39, 0.29) is 35.0 Å². The van der Waals surface area contributed by atoms with Gasteiger partial charge in [0.2, 0.25) is 0 Å². The summed E-state index contributed by atoms with van der Waals surface area (Å²) >= 11 is 0. The minimum absolute atomic E-state index is 0.0696. The highest BCUT2D eigenvalue weighted by Gasteiger charge is 2.52. The van der Waals surface area contributed by atoms with Gasteiger partial charge < -0.3 is 0 Å². The van der Waals surface area contributed by atoms with Gasteiger partial charge in [-0.3, -0.25) is 0 Å². The van der Waals surface area contributed by atoms with Gasteiger partial charge in [0.25, 0.3) is 0 Å². The van der Waals surface area contributed by atoms with Crippen LogP contribution in [0, 0.1) is 5.41 Å². The van der Waals surface area contributed by atoms with Gasteiger partial charge in [-0.2, -0.15) is 0 Å². The molecule has 80 valence electrons. The molecule has 2 atom stereocenters. The molecule has 0 aliphatic heterocycles. The van der Waals surface area contributed by atoms with Gasteiger partial charge in [0, 0.05) is 0 Å². The number of fused-ring (bicyclic) bond motifs is 3. The second-order valence-corrected chi connectivity index (χ2v) is 5.63. The molecule has 1 aromatic carbocycles. The van der Waals surface area contributed by atoms with Crippen LogP contribution in [0.25, 0.3) is 0 Å². The molecule has 0 N–H and O–H groups in total.